The van der Waals surface area contributed by atoms with E-state index in [0.717, 1.165) is 24.7 Å². The molecule has 24 heavy (non-hydrogen) atoms. The Labute approximate surface area is 145 Å². The lowest BCUT2D eigenvalue weighted by Crippen LogP contribution is -2.56. The van der Waals surface area contributed by atoms with Crippen LogP contribution in [0.3, 0.4) is 0 Å². The summed E-state index contributed by atoms with van der Waals surface area (Å²) in [5.74, 6) is 1.13. The van der Waals surface area contributed by atoms with E-state index < -0.39 is 18.1 Å². The summed E-state index contributed by atoms with van der Waals surface area (Å²) < 4.78 is 5.89. The van der Waals surface area contributed by atoms with Gasteiger partial charge in [0.2, 0.25) is 5.91 Å². The molecular weight excluding hydrogens is 306 g/mol. The number of rotatable bonds is 4. The van der Waals surface area contributed by atoms with Gasteiger partial charge in [0.05, 0.1) is 24.7 Å². The van der Waals surface area contributed by atoms with E-state index in [4.69, 9.17) is 4.74 Å². The molecule has 3 rings (SSSR count). The molecule has 2 N–H and O–H groups in total. The Hall–Kier alpha value is -0.650. The Morgan fingerprint density at radius 3 is 2.42 bits per heavy atom. The lowest BCUT2D eigenvalue weighted by Gasteiger charge is -2.40. The highest BCUT2D eigenvalue weighted by atomic mass is 16.5. The lowest BCUT2D eigenvalue weighted by molar-refractivity contribution is -0.189. The third kappa shape index (κ3) is 3.78. The minimum atomic E-state index is -1.02. The molecule has 1 aliphatic heterocycles. The standard InChI is InChI=1S/C19H33NO4/c1-20(2)19(23)15-11-24-18(17(22)16(15)21)14-8-7-13(10-14)9-12-5-3-4-6-12/h12-18,21-22H,3-11H2,1-2H3/t13?,14?,15-,16-,17-,18-/m1/s1. The highest BCUT2D eigenvalue weighted by Crippen LogP contribution is 2.43. The first kappa shape index (κ1) is 18.2. The van der Waals surface area contributed by atoms with E-state index in [1.54, 1.807) is 14.1 Å². The van der Waals surface area contributed by atoms with E-state index in [1.165, 1.54) is 43.4 Å². The number of ether oxygens (including phenoxy) is 1. The summed E-state index contributed by atoms with van der Waals surface area (Å²) in [6, 6.07) is 0. The Bertz CT molecular complexity index is 435. The third-order valence-electron chi connectivity index (χ3n) is 6.51. The second kappa shape index (κ2) is 7.71. The van der Waals surface area contributed by atoms with Crippen molar-refractivity contribution in [1.82, 2.24) is 4.90 Å². The predicted molar refractivity (Wildman–Crippen MR) is 91.3 cm³/mol. The fourth-order valence-corrected chi connectivity index (χ4v) is 5.15. The maximum Gasteiger partial charge on any atom is 0.230 e. The van der Waals surface area contributed by atoms with E-state index in [9.17, 15) is 15.0 Å². The normalized spacial score (nSPS) is 40.8. The first-order valence-electron chi connectivity index (χ1n) is 9.66. The number of aliphatic hydroxyl groups excluding tert-OH is 2. The molecule has 138 valence electrons. The zero-order chi connectivity index (χ0) is 17.3. The summed E-state index contributed by atoms with van der Waals surface area (Å²) in [5.41, 5.74) is 0. The molecule has 1 heterocycles. The van der Waals surface area contributed by atoms with E-state index in [0.29, 0.717) is 5.92 Å². The minimum absolute atomic E-state index is 0.175. The molecule has 2 saturated carbocycles. The van der Waals surface area contributed by atoms with Crippen LogP contribution >= 0.6 is 0 Å². The van der Waals surface area contributed by atoms with Crippen molar-refractivity contribution in [2.75, 3.05) is 20.7 Å². The summed E-state index contributed by atoms with van der Waals surface area (Å²) in [6.45, 7) is 0.212. The molecule has 5 nitrogen and oxygen atoms in total. The van der Waals surface area contributed by atoms with Gasteiger partial charge in [-0.2, -0.15) is 0 Å². The third-order valence-corrected chi connectivity index (χ3v) is 6.51. The van der Waals surface area contributed by atoms with Gasteiger partial charge >= 0.3 is 0 Å². The molecule has 5 heteroatoms. The fraction of sp³-hybridized carbons (Fsp3) is 0.947. The zero-order valence-corrected chi connectivity index (χ0v) is 15.1. The number of hydrogen-bond donors (Lipinski definition) is 2. The predicted octanol–water partition coefficient (Wildman–Crippen LogP) is 1.81. The van der Waals surface area contributed by atoms with Crippen LogP contribution in [-0.4, -0.2) is 60.0 Å². The highest BCUT2D eigenvalue weighted by molar-refractivity contribution is 5.79. The summed E-state index contributed by atoms with van der Waals surface area (Å²) in [4.78, 5) is 13.6. The molecule has 0 bridgehead atoms. The van der Waals surface area contributed by atoms with E-state index in [2.05, 4.69) is 0 Å². The van der Waals surface area contributed by atoms with Crippen LogP contribution in [0.2, 0.25) is 0 Å². The van der Waals surface area contributed by atoms with Crippen molar-refractivity contribution in [3.05, 3.63) is 0 Å². The number of hydrogen-bond acceptors (Lipinski definition) is 4. The largest absolute Gasteiger partial charge is 0.389 e. The average molecular weight is 339 g/mol. The molecular formula is C19H33NO4. The molecule has 1 amide bonds. The molecule has 0 radical (unpaired) electrons. The van der Waals surface area contributed by atoms with Crippen molar-refractivity contribution in [1.29, 1.82) is 0 Å². The van der Waals surface area contributed by atoms with Crippen LogP contribution in [0, 0.1) is 23.7 Å². The first-order chi connectivity index (χ1) is 11.5. The second-order valence-electron chi connectivity index (χ2n) is 8.44. The Morgan fingerprint density at radius 2 is 1.75 bits per heavy atom. The van der Waals surface area contributed by atoms with Crippen molar-refractivity contribution in [2.24, 2.45) is 23.7 Å². The maximum absolute atomic E-state index is 12.1. The maximum atomic E-state index is 12.1. The van der Waals surface area contributed by atoms with Gasteiger partial charge in [0, 0.05) is 14.1 Å². The number of amides is 1. The highest BCUT2D eigenvalue weighted by Gasteiger charge is 2.46. The molecule has 2 unspecified atom stereocenters. The number of carbonyl (C=O) groups excluding carboxylic acids is 1. The van der Waals surface area contributed by atoms with Crippen LogP contribution in [0.5, 0.6) is 0 Å². The summed E-state index contributed by atoms with van der Waals surface area (Å²) >= 11 is 0. The summed E-state index contributed by atoms with van der Waals surface area (Å²) in [6.07, 6.45) is 7.95. The number of nitrogens with zero attached hydrogens (tertiary/aromatic N) is 1. The van der Waals surface area contributed by atoms with Gasteiger partial charge in [0.15, 0.2) is 0 Å². The Morgan fingerprint density at radius 1 is 1.04 bits per heavy atom. The van der Waals surface area contributed by atoms with E-state index in [1.807, 2.05) is 0 Å². The SMILES string of the molecule is CN(C)C(=O)[C@@H]1CO[C@H](C2CCC(CC3CCCC3)C2)[C@H](O)[C@@H]1O. The van der Waals surface area contributed by atoms with Gasteiger partial charge in [0.1, 0.15) is 6.10 Å². The zero-order valence-electron chi connectivity index (χ0n) is 15.1. The van der Waals surface area contributed by atoms with Crippen LogP contribution < -0.4 is 0 Å². The lowest BCUT2D eigenvalue weighted by atomic mass is 9.84. The molecule has 0 aromatic rings. The number of aliphatic hydroxyl groups is 2. The molecule has 6 atom stereocenters. The van der Waals surface area contributed by atoms with Crippen molar-refractivity contribution >= 4 is 5.91 Å². The molecule has 3 fully saturated rings. The van der Waals surface area contributed by atoms with Crippen molar-refractivity contribution in [2.45, 2.75) is 69.7 Å². The first-order valence-corrected chi connectivity index (χ1v) is 9.66. The van der Waals surface area contributed by atoms with Gasteiger partial charge in [-0.25, -0.2) is 0 Å². The molecule has 1 saturated heterocycles. The van der Waals surface area contributed by atoms with Crippen LogP contribution in [0.4, 0.5) is 0 Å². The average Bonchev–Trinajstić information content (AvgIpc) is 3.22. The molecule has 0 spiro atoms. The van der Waals surface area contributed by atoms with E-state index >= 15 is 0 Å². The van der Waals surface area contributed by atoms with Crippen molar-refractivity contribution in [3.8, 4) is 0 Å². The molecule has 3 aliphatic rings. The molecule has 0 aromatic carbocycles. The Balaban J connectivity index is 1.53. The van der Waals surface area contributed by atoms with Crippen LogP contribution in [0.25, 0.3) is 0 Å². The van der Waals surface area contributed by atoms with Gasteiger partial charge in [0.25, 0.3) is 0 Å². The van der Waals surface area contributed by atoms with Gasteiger partial charge < -0.3 is 19.8 Å². The van der Waals surface area contributed by atoms with Gasteiger partial charge in [-0.05, 0) is 37.0 Å². The van der Waals surface area contributed by atoms with Crippen LogP contribution in [-0.2, 0) is 9.53 Å². The van der Waals surface area contributed by atoms with Gasteiger partial charge in [-0.1, -0.05) is 32.1 Å². The monoisotopic (exact) mass is 339 g/mol. The van der Waals surface area contributed by atoms with Crippen LogP contribution in [0.1, 0.15) is 51.4 Å². The van der Waals surface area contributed by atoms with Gasteiger partial charge in [-0.3, -0.25) is 4.79 Å². The minimum Gasteiger partial charge on any atom is -0.389 e. The van der Waals surface area contributed by atoms with Gasteiger partial charge in [-0.15, -0.1) is 0 Å². The van der Waals surface area contributed by atoms with Crippen LogP contribution in [0.15, 0.2) is 0 Å². The summed E-state index contributed by atoms with van der Waals surface area (Å²) in [5, 5.41) is 20.9. The summed E-state index contributed by atoms with van der Waals surface area (Å²) in [7, 11) is 3.33. The quantitative estimate of drug-likeness (QED) is 0.819. The second-order valence-corrected chi connectivity index (χ2v) is 8.44. The fourth-order valence-electron chi connectivity index (χ4n) is 5.15. The molecule has 2 aliphatic carbocycles. The smallest absolute Gasteiger partial charge is 0.230 e. The van der Waals surface area contributed by atoms with Crippen molar-refractivity contribution < 1.29 is 19.7 Å². The van der Waals surface area contributed by atoms with Crippen molar-refractivity contribution in [3.63, 3.8) is 0 Å². The Kier molecular flexibility index (Phi) is 5.83. The molecule has 0 aromatic heterocycles. The topological polar surface area (TPSA) is 70.0 Å². The van der Waals surface area contributed by atoms with E-state index in [-0.39, 0.29) is 18.6 Å². The number of carbonyl (C=O) groups is 1.